The molecular formula is C8H16N2O4. The van der Waals surface area contributed by atoms with Gasteiger partial charge in [0.25, 0.3) is 0 Å². The molecule has 0 aliphatic rings. The third kappa shape index (κ3) is 5.36. The van der Waals surface area contributed by atoms with Crippen molar-refractivity contribution in [2.45, 2.75) is 6.92 Å². The van der Waals surface area contributed by atoms with Crippen molar-refractivity contribution < 1.29 is 19.4 Å². The number of rotatable bonds is 6. The lowest BCUT2D eigenvalue weighted by molar-refractivity contribution is -0.137. The molecular weight excluding hydrogens is 188 g/mol. The van der Waals surface area contributed by atoms with E-state index < -0.39 is 5.97 Å². The molecule has 14 heavy (non-hydrogen) atoms. The number of likely N-dealkylation sites (N-methyl/N-ethyl adjacent to an activating group) is 1. The van der Waals surface area contributed by atoms with Crippen LogP contribution in [0.2, 0.25) is 0 Å². The minimum atomic E-state index is -1.02. The van der Waals surface area contributed by atoms with Crippen LogP contribution >= 0.6 is 0 Å². The van der Waals surface area contributed by atoms with Crippen molar-refractivity contribution in [1.82, 2.24) is 10.2 Å². The Labute approximate surface area is 82.8 Å². The summed E-state index contributed by atoms with van der Waals surface area (Å²) in [6.45, 7) is 2.60. The van der Waals surface area contributed by atoms with Crippen LogP contribution in [0.3, 0.4) is 0 Å². The zero-order valence-electron chi connectivity index (χ0n) is 8.45. The van der Waals surface area contributed by atoms with Crippen molar-refractivity contribution in [3.63, 3.8) is 0 Å². The van der Waals surface area contributed by atoms with Gasteiger partial charge < -0.3 is 20.1 Å². The van der Waals surface area contributed by atoms with Crippen LogP contribution in [-0.4, -0.2) is 55.4 Å². The smallest absolute Gasteiger partial charge is 0.323 e. The van der Waals surface area contributed by atoms with Crippen molar-refractivity contribution in [2.24, 2.45) is 0 Å². The quantitative estimate of drug-likeness (QED) is 0.585. The highest BCUT2D eigenvalue weighted by atomic mass is 16.5. The number of carboxylic acids is 1. The summed E-state index contributed by atoms with van der Waals surface area (Å²) in [5.41, 5.74) is 0. The van der Waals surface area contributed by atoms with Gasteiger partial charge in [-0.15, -0.1) is 0 Å². The van der Waals surface area contributed by atoms with Gasteiger partial charge in [-0.2, -0.15) is 0 Å². The lowest BCUT2D eigenvalue weighted by Gasteiger charge is -2.18. The SMILES string of the molecule is CCN(CC(=O)O)C(=O)NCCOC. The molecule has 0 spiro atoms. The minimum Gasteiger partial charge on any atom is -0.480 e. The average molecular weight is 204 g/mol. The molecule has 0 radical (unpaired) electrons. The molecule has 0 atom stereocenters. The van der Waals surface area contributed by atoms with E-state index in [0.717, 1.165) is 0 Å². The van der Waals surface area contributed by atoms with Gasteiger partial charge in [0, 0.05) is 20.2 Å². The summed E-state index contributed by atoms with van der Waals surface area (Å²) in [5, 5.41) is 11.0. The maximum atomic E-state index is 11.3. The highest BCUT2D eigenvalue weighted by Gasteiger charge is 2.13. The highest BCUT2D eigenvalue weighted by molar-refractivity contribution is 5.79. The van der Waals surface area contributed by atoms with Crippen LogP contribution in [0.5, 0.6) is 0 Å². The fraction of sp³-hybridized carbons (Fsp3) is 0.750. The molecule has 2 N–H and O–H groups in total. The molecule has 2 amide bonds. The van der Waals surface area contributed by atoms with Gasteiger partial charge in [0.1, 0.15) is 6.54 Å². The summed E-state index contributed by atoms with van der Waals surface area (Å²) in [6, 6.07) is -0.382. The molecule has 0 aromatic carbocycles. The summed E-state index contributed by atoms with van der Waals surface area (Å²) in [7, 11) is 1.53. The molecule has 0 rings (SSSR count). The van der Waals surface area contributed by atoms with E-state index in [-0.39, 0.29) is 12.6 Å². The van der Waals surface area contributed by atoms with E-state index in [2.05, 4.69) is 5.32 Å². The van der Waals surface area contributed by atoms with Crippen molar-refractivity contribution in [2.75, 3.05) is 33.4 Å². The number of nitrogens with one attached hydrogen (secondary N) is 1. The van der Waals surface area contributed by atoms with Crippen molar-refractivity contribution in [1.29, 1.82) is 0 Å². The van der Waals surface area contributed by atoms with Gasteiger partial charge in [-0.3, -0.25) is 4.79 Å². The first kappa shape index (κ1) is 12.7. The van der Waals surface area contributed by atoms with E-state index in [4.69, 9.17) is 9.84 Å². The van der Waals surface area contributed by atoms with Crippen LogP contribution in [0.25, 0.3) is 0 Å². The number of carboxylic acid groups (broad SMARTS) is 1. The average Bonchev–Trinajstić information content (AvgIpc) is 2.14. The number of carbonyl (C=O) groups is 2. The second-order valence-electron chi connectivity index (χ2n) is 2.63. The minimum absolute atomic E-state index is 0.282. The molecule has 0 saturated heterocycles. The first-order valence-corrected chi connectivity index (χ1v) is 4.35. The van der Waals surface area contributed by atoms with Gasteiger partial charge in [0.2, 0.25) is 0 Å². The lowest BCUT2D eigenvalue weighted by Crippen LogP contribution is -2.43. The Kier molecular flexibility index (Phi) is 6.47. The van der Waals surface area contributed by atoms with Gasteiger partial charge in [-0.1, -0.05) is 0 Å². The van der Waals surface area contributed by atoms with E-state index in [1.54, 1.807) is 6.92 Å². The fourth-order valence-corrected chi connectivity index (χ4v) is 0.862. The van der Waals surface area contributed by atoms with E-state index in [1.165, 1.54) is 12.0 Å². The number of nitrogens with zero attached hydrogens (tertiary/aromatic N) is 1. The summed E-state index contributed by atoms with van der Waals surface area (Å²) in [6.07, 6.45) is 0. The second kappa shape index (κ2) is 7.14. The number of hydrogen-bond acceptors (Lipinski definition) is 3. The summed E-state index contributed by atoms with van der Waals surface area (Å²) < 4.78 is 4.74. The topological polar surface area (TPSA) is 78.9 Å². The normalized spacial score (nSPS) is 9.57. The van der Waals surface area contributed by atoms with Gasteiger partial charge >= 0.3 is 12.0 Å². The Morgan fingerprint density at radius 1 is 1.50 bits per heavy atom. The predicted octanol–water partition coefficient (Wildman–Crippen LogP) is -0.251. The summed E-state index contributed by atoms with van der Waals surface area (Å²) >= 11 is 0. The maximum Gasteiger partial charge on any atom is 0.323 e. The molecule has 6 heteroatoms. The third-order valence-corrected chi connectivity index (χ3v) is 1.58. The number of urea groups is 1. The van der Waals surface area contributed by atoms with Crippen LogP contribution in [-0.2, 0) is 9.53 Å². The molecule has 82 valence electrons. The molecule has 6 nitrogen and oxygen atoms in total. The number of methoxy groups -OCH3 is 1. The number of carbonyl (C=O) groups excluding carboxylic acids is 1. The number of amides is 2. The molecule has 0 heterocycles. The Balaban J connectivity index is 3.85. The van der Waals surface area contributed by atoms with Crippen LogP contribution in [0.15, 0.2) is 0 Å². The number of hydrogen-bond donors (Lipinski definition) is 2. The van der Waals surface area contributed by atoms with Crippen LogP contribution in [0.1, 0.15) is 6.92 Å². The van der Waals surface area contributed by atoms with E-state index in [1.807, 2.05) is 0 Å². The first-order valence-electron chi connectivity index (χ1n) is 4.35. The summed E-state index contributed by atoms with van der Waals surface area (Å²) in [4.78, 5) is 22.8. The Morgan fingerprint density at radius 2 is 2.14 bits per heavy atom. The van der Waals surface area contributed by atoms with Gasteiger partial charge in [-0.25, -0.2) is 4.79 Å². The summed E-state index contributed by atoms with van der Waals surface area (Å²) in [5.74, 6) is -1.02. The predicted molar refractivity (Wildman–Crippen MR) is 50.2 cm³/mol. The zero-order valence-corrected chi connectivity index (χ0v) is 8.45. The van der Waals surface area contributed by atoms with E-state index in [0.29, 0.717) is 19.7 Å². The largest absolute Gasteiger partial charge is 0.480 e. The Bertz CT molecular complexity index is 196. The molecule has 0 aliphatic carbocycles. The maximum absolute atomic E-state index is 11.3. The van der Waals surface area contributed by atoms with Gasteiger partial charge in [-0.05, 0) is 6.92 Å². The van der Waals surface area contributed by atoms with Gasteiger partial charge in [0.05, 0.1) is 6.61 Å². The van der Waals surface area contributed by atoms with Crippen molar-refractivity contribution in [3.05, 3.63) is 0 Å². The van der Waals surface area contributed by atoms with Crippen molar-refractivity contribution >= 4 is 12.0 Å². The third-order valence-electron chi connectivity index (χ3n) is 1.58. The van der Waals surface area contributed by atoms with E-state index >= 15 is 0 Å². The fourth-order valence-electron chi connectivity index (χ4n) is 0.862. The van der Waals surface area contributed by atoms with Crippen LogP contribution in [0.4, 0.5) is 4.79 Å². The molecule has 0 saturated carbocycles. The molecule has 0 bridgehead atoms. The van der Waals surface area contributed by atoms with Crippen LogP contribution < -0.4 is 5.32 Å². The Hall–Kier alpha value is -1.30. The molecule has 0 aliphatic heterocycles. The lowest BCUT2D eigenvalue weighted by atomic mass is 10.5. The van der Waals surface area contributed by atoms with E-state index in [9.17, 15) is 9.59 Å². The number of aliphatic carboxylic acids is 1. The molecule has 0 unspecified atom stereocenters. The molecule has 0 aromatic rings. The Morgan fingerprint density at radius 3 is 2.57 bits per heavy atom. The van der Waals surface area contributed by atoms with Gasteiger partial charge in [0.15, 0.2) is 0 Å². The highest BCUT2D eigenvalue weighted by Crippen LogP contribution is 1.88. The monoisotopic (exact) mass is 204 g/mol. The van der Waals surface area contributed by atoms with Crippen molar-refractivity contribution in [3.8, 4) is 0 Å². The molecule has 0 aromatic heterocycles. The number of ether oxygens (including phenoxy) is 1. The standard InChI is InChI=1S/C8H16N2O4/c1-3-10(6-7(11)12)8(13)9-4-5-14-2/h3-6H2,1-2H3,(H,9,13)(H,11,12). The first-order chi connectivity index (χ1) is 6.61. The second-order valence-corrected chi connectivity index (χ2v) is 2.63. The molecule has 0 fully saturated rings. The zero-order chi connectivity index (χ0) is 11.0. The van der Waals surface area contributed by atoms with Crippen LogP contribution in [0, 0.1) is 0 Å².